The molecule has 0 aromatic heterocycles. The van der Waals surface area contributed by atoms with Gasteiger partial charge >= 0.3 is 0 Å². The topological polar surface area (TPSA) is 24.8 Å². The molecule has 0 amide bonds. The third kappa shape index (κ3) is 14.9. The average molecular weight is 545 g/mol. The van der Waals surface area contributed by atoms with Crippen LogP contribution in [0.5, 0.6) is 0 Å². The normalized spacial score (nSPS) is 15.7. The predicted octanol–water partition coefficient (Wildman–Crippen LogP) is 10.9. The van der Waals surface area contributed by atoms with Gasteiger partial charge in [0.25, 0.3) is 0 Å². The first kappa shape index (κ1) is 38.2. The quantitative estimate of drug-likeness (QED) is 0.131. The fourth-order valence-electron chi connectivity index (χ4n) is 4.10. The number of methoxy groups -OCH3 is 1. The summed E-state index contributed by atoms with van der Waals surface area (Å²) in [7, 11) is 1.78. The number of allylic oxidation sites excluding steroid dienone is 8. The van der Waals surface area contributed by atoms with Crippen molar-refractivity contribution in [2.24, 2.45) is 10.9 Å². The lowest BCUT2D eigenvalue weighted by Gasteiger charge is -2.22. The second kappa shape index (κ2) is 24.1. The van der Waals surface area contributed by atoms with Gasteiger partial charge in [0, 0.05) is 31.5 Å². The van der Waals surface area contributed by atoms with Gasteiger partial charge in [0.05, 0.1) is 12.0 Å². The van der Waals surface area contributed by atoms with Crippen LogP contribution in [-0.2, 0) is 4.74 Å². The van der Waals surface area contributed by atoms with Gasteiger partial charge < -0.3 is 9.64 Å². The highest BCUT2D eigenvalue weighted by Gasteiger charge is 2.21. The molecular formula is C34H60N2OS. The van der Waals surface area contributed by atoms with Crippen molar-refractivity contribution in [3.05, 3.63) is 71.0 Å². The minimum Gasteiger partial charge on any atom is -0.500 e. The molecule has 2 rings (SSSR count). The molecule has 0 bridgehead atoms. The van der Waals surface area contributed by atoms with E-state index in [2.05, 4.69) is 69.8 Å². The number of rotatable bonds is 13. The first-order chi connectivity index (χ1) is 17.9. The lowest BCUT2D eigenvalue weighted by Crippen LogP contribution is -2.30. The number of hydrogen-bond acceptors (Lipinski definition) is 3. The number of amidine groups is 1. The summed E-state index contributed by atoms with van der Waals surface area (Å²) in [4.78, 5) is 7.94. The van der Waals surface area contributed by atoms with Gasteiger partial charge in [-0.15, -0.1) is 11.8 Å². The van der Waals surface area contributed by atoms with Crippen LogP contribution in [0.3, 0.4) is 0 Å². The first-order valence-corrected chi connectivity index (χ1v) is 15.5. The summed E-state index contributed by atoms with van der Waals surface area (Å²) in [5.41, 5.74) is 4.11. The summed E-state index contributed by atoms with van der Waals surface area (Å²) in [5.74, 6) is 4.16. The lowest BCUT2D eigenvalue weighted by atomic mass is 9.90. The summed E-state index contributed by atoms with van der Waals surface area (Å²) in [5, 5.41) is 0. The Balaban J connectivity index is 0. The van der Waals surface area contributed by atoms with Crippen molar-refractivity contribution in [2.75, 3.05) is 26.0 Å². The number of hydrogen-bond donors (Lipinski definition) is 0. The first-order valence-electron chi connectivity index (χ1n) is 14.5. The zero-order chi connectivity index (χ0) is 28.1. The molecule has 0 N–H and O–H groups in total. The molecule has 0 radical (unpaired) electrons. The summed E-state index contributed by atoms with van der Waals surface area (Å²) in [6.45, 7) is 25.2. The smallest absolute Gasteiger partial charge is 0.110 e. The molecule has 218 valence electrons. The maximum atomic E-state index is 5.51. The minimum absolute atomic E-state index is 0. The van der Waals surface area contributed by atoms with Crippen molar-refractivity contribution in [1.82, 2.24) is 4.90 Å². The standard InChI is InChI=1S/C19H28OS.C12H22N2.C2H6.CH4/c1-5-14(2)9-10-16-7-6-8-17(13-16)15(3)19-18(20-4)11-12-21-19;1-5-8-9-13-12(4)14(10-6-2)11-7-3;1-2;/h7,13-14H,3,5-6,8-12H2,1-2,4H3;5,8-9H,1,6-7,10-11H2,2-4H3;1-2H3;1H4/b;9-8-,13-12?;;. The van der Waals surface area contributed by atoms with Gasteiger partial charge in [-0.25, -0.2) is 4.99 Å². The second-order valence-corrected chi connectivity index (χ2v) is 10.4. The molecular weight excluding hydrogens is 484 g/mol. The Kier molecular flexibility index (Phi) is 24.3. The maximum absolute atomic E-state index is 5.51. The van der Waals surface area contributed by atoms with Crippen LogP contribution in [0.2, 0.25) is 0 Å². The van der Waals surface area contributed by atoms with E-state index < -0.39 is 0 Å². The van der Waals surface area contributed by atoms with Crippen LogP contribution in [0.15, 0.2) is 76.0 Å². The Bertz CT molecular complexity index is 810. The molecule has 0 spiro atoms. The molecule has 3 nitrogen and oxygen atoms in total. The highest BCUT2D eigenvalue weighted by atomic mass is 32.2. The maximum Gasteiger partial charge on any atom is 0.110 e. The van der Waals surface area contributed by atoms with E-state index in [1.54, 1.807) is 19.4 Å². The van der Waals surface area contributed by atoms with E-state index in [9.17, 15) is 0 Å². The molecule has 0 fully saturated rings. The van der Waals surface area contributed by atoms with Crippen LogP contribution < -0.4 is 0 Å². The number of aliphatic imine (C=N–C) groups is 1. The fraction of sp³-hybridized carbons (Fsp3) is 0.618. The van der Waals surface area contributed by atoms with E-state index in [-0.39, 0.29) is 7.43 Å². The van der Waals surface area contributed by atoms with Crippen molar-refractivity contribution < 1.29 is 4.74 Å². The third-order valence-corrected chi connectivity index (χ3v) is 7.64. The van der Waals surface area contributed by atoms with Gasteiger partial charge in [-0.1, -0.05) is 92.3 Å². The van der Waals surface area contributed by atoms with Crippen molar-refractivity contribution in [3.8, 4) is 0 Å². The molecule has 0 saturated heterocycles. The summed E-state index contributed by atoms with van der Waals surface area (Å²) in [6.07, 6.45) is 19.6. The SMILES string of the molecule is C.C=C(C1=CC(CCC(C)CC)=CCC1)C1=C(OC)CCS1.C=C/C=C\N=C(C)N(CCC)CCC.CC. The zero-order valence-electron chi connectivity index (χ0n) is 25.4. The van der Waals surface area contributed by atoms with Crippen molar-refractivity contribution in [3.63, 3.8) is 0 Å². The number of ether oxygens (including phenoxy) is 1. The Morgan fingerprint density at radius 2 is 1.84 bits per heavy atom. The van der Waals surface area contributed by atoms with Gasteiger partial charge in [-0.2, -0.15) is 0 Å². The molecule has 1 atom stereocenters. The zero-order valence-corrected chi connectivity index (χ0v) is 26.2. The Morgan fingerprint density at radius 1 is 1.18 bits per heavy atom. The van der Waals surface area contributed by atoms with Crippen LogP contribution in [0.25, 0.3) is 0 Å². The summed E-state index contributed by atoms with van der Waals surface area (Å²) in [6, 6.07) is 0. The fourth-order valence-corrected chi connectivity index (χ4v) is 5.25. The lowest BCUT2D eigenvalue weighted by molar-refractivity contribution is 0.282. The van der Waals surface area contributed by atoms with Gasteiger partial charge in [-0.05, 0) is 68.6 Å². The summed E-state index contributed by atoms with van der Waals surface area (Å²) < 4.78 is 5.51. The van der Waals surface area contributed by atoms with Gasteiger partial charge in [-0.3, -0.25) is 0 Å². The predicted molar refractivity (Wildman–Crippen MR) is 177 cm³/mol. The van der Waals surface area contributed by atoms with E-state index in [1.807, 2.05) is 31.7 Å². The van der Waals surface area contributed by atoms with E-state index in [4.69, 9.17) is 4.74 Å². The van der Waals surface area contributed by atoms with Crippen LogP contribution in [0, 0.1) is 5.92 Å². The molecule has 0 aromatic rings. The van der Waals surface area contributed by atoms with E-state index in [0.717, 1.165) is 68.5 Å². The highest BCUT2D eigenvalue weighted by Crippen LogP contribution is 2.41. The molecule has 0 saturated carbocycles. The van der Waals surface area contributed by atoms with E-state index in [1.165, 1.54) is 40.9 Å². The van der Waals surface area contributed by atoms with E-state index >= 15 is 0 Å². The molecule has 2 aliphatic rings. The van der Waals surface area contributed by atoms with Gasteiger partial charge in [0.15, 0.2) is 0 Å². The molecule has 38 heavy (non-hydrogen) atoms. The Morgan fingerprint density at radius 3 is 2.39 bits per heavy atom. The molecule has 1 heterocycles. The van der Waals surface area contributed by atoms with Crippen LogP contribution in [0.4, 0.5) is 0 Å². The average Bonchev–Trinajstić information content (AvgIpc) is 3.42. The highest BCUT2D eigenvalue weighted by molar-refractivity contribution is 8.03. The van der Waals surface area contributed by atoms with Crippen LogP contribution in [0.1, 0.15) is 107 Å². The van der Waals surface area contributed by atoms with E-state index in [0.29, 0.717) is 0 Å². The second-order valence-electron chi connectivity index (χ2n) is 9.31. The summed E-state index contributed by atoms with van der Waals surface area (Å²) >= 11 is 1.89. The Hall–Kier alpha value is -1.94. The number of thioether (sulfide) groups is 1. The van der Waals surface area contributed by atoms with Crippen molar-refractivity contribution >= 4 is 17.6 Å². The molecule has 4 heteroatoms. The van der Waals surface area contributed by atoms with Crippen molar-refractivity contribution in [1.29, 1.82) is 0 Å². The monoisotopic (exact) mass is 544 g/mol. The molecule has 1 aliphatic heterocycles. The van der Waals surface area contributed by atoms with Crippen LogP contribution >= 0.6 is 11.8 Å². The van der Waals surface area contributed by atoms with Gasteiger partial charge in [0.2, 0.25) is 0 Å². The molecule has 1 unspecified atom stereocenters. The Labute approximate surface area is 242 Å². The third-order valence-electron chi connectivity index (χ3n) is 6.47. The molecule has 1 aliphatic carbocycles. The largest absolute Gasteiger partial charge is 0.500 e. The minimum atomic E-state index is 0. The van der Waals surface area contributed by atoms with Crippen molar-refractivity contribution in [2.45, 2.75) is 107 Å². The van der Waals surface area contributed by atoms with Gasteiger partial charge in [0.1, 0.15) is 11.6 Å². The number of nitrogens with zero attached hydrogens (tertiary/aromatic N) is 2. The molecule has 0 aromatic carbocycles. The van der Waals surface area contributed by atoms with Crippen LogP contribution in [-0.4, -0.2) is 36.7 Å².